The van der Waals surface area contributed by atoms with Crippen molar-refractivity contribution in [2.24, 2.45) is 0 Å². The summed E-state index contributed by atoms with van der Waals surface area (Å²) < 4.78 is 0. The second-order valence-corrected chi connectivity index (χ2v) is 4.46. The zero-order chi connectivity index (χ0) is 11.8. The van der Waals surface area contributed by atoms with Gasteiger partial charge in [-0.2, -0.15) is 11.8 Å². The van der Waals surface area contributed by atoms with Crippen molar-refractivity contribution >= 4 is 23.4 Å². The molecular weight excluding hydrogens is 220 g/mol. The molecule has 1 heterocycles. The molecule has 0 spiro atoms. The van der Waals surface area contributed by atoms with Crippen LogP contribution in [-0.2, 0) is 6.42 Å². The predicted octanol–water partition coefficient (Wildman–Crippen LogP) is 2.25. The minimum absolute atomic E-state index is 0.880. The van der Waals surface area contributed by atoms with E-state index in [0.717, 1.165) is 42.6 Å². The first-order valence-corrected chi connectivity index (χ1v) is 6.98. The van der Waals surface area contributed by atoms with E-state index in [1.54, 1.807) is 0 Å². The van der Waals surface area contributed by atoms with E-state index < -0.39 is 0 Å². The third kappa shape index (κ3) is 4.26. The highest BCUT2D eigenvalue weighted by molar-refractivity contribution is 7.98. The standard InChI is InChI=1S/C11H20N4S/c1-4-5-9-14-10(12-2)8-11(15-9)13-6-7-16-3/h8H,4-7H2,1-3H3,(H2,12,13,14,15). The fourth-order valence-electron chi connectivity index (χ4n) is 1.33. The first kappa shape index (κ1) is 13.1. The summed E-state index contributed by atoms with van der Waals surface area (Å²) in [5.41, 5.74) is 0. The Morgan fingerprint density at radius 2 is 2.06 bits per heavy atom. The summed E-state index contributed by atoms with van der Waals surface area (Å²) in [6.45, 7) is 3.07. The van der Waals surface area contributed by atoms with Crippen molar-refractivity contribution in [3.63, 3.8) is 0 Å². The van der Waals surface area contributed by atoms with Gasteiger partial charge in [0.25, 0.3) is 0 Å². The highest BCUT2D eigenvalue weighted by atomic mass is 32.2. The van der Waals surface area contributed by atoms with Crippen LogP contribution in [0.4, 0.5) is 11.6 Å². The van der Waals surface area contributed by atoms with Crippen molar-refractivity contribution in [1.29, 1.82) is 0 Å². The molecule has 5 heteroatoms. The van der Waals surface area contributed by atoms with Gasteiger partial charge in [0.2, 0.25) is 0 Å². The lowest BCUT2D eigenvalue weighted by Gasteiger charge is -2.08. The van der Waals surface area contributed by atoms with E-state index >= 15 is 0 Å². The average Bonchev–Trinajstić information content (AvgIpc) is 2.29. The molecule has 0 saturated heterocycles. The Labute approximate surface area is 102 Å². The topological polar surface area (TPSA) is 49.8 Å². The van der Waals surface area contributed by atoms with Crippen molar-refractivity contribution in [2.75, 3.05) is 36.2 Å². The molecule has 0 fully saturated rings. The normalized spacial score (nSPS) is 10.2. The van der Waals surface area contributed by atoms with Gasteiger partial charge in [0.05, 0.1) is 0 Å². The van der Waals surface area contributed by atoms with Crippen molar-refractivity contribution in [1.82, 2.24) is 9.97 Å². The number of aromatic nitrogens is 2. The molecule has 0 bridgehead atoms. The van der Waals surface area contributed by atoms with E-state index in [4.69, 9.17) is 0 Å². The Morgan fingerprint density at radius 1 is 1.31 bits per heavy atom. The van der Waals surface area contributed by atoms with Crippen molar-refractivity contribution < 1.29 is 0 Å². The smallest absolute Gasteiger partial charge is 0.133 e. The maximum atomic E-state index is 4.47. The molecular formula is C11H20N4S. The van der Waals surface area contributed by atoms with E-state index in [2.05, 4.69) is 33.8 Å². The first-order chi connectivity index (χ1) is 7.80. The molecule has 0 atom stereocenters. The highest BCUT2D eigenvalue weighted by Gasteiger charge is 2.02. The van der Waals surface area contributed by atoms with E-state index in [1.807, 2.05) is 24.9 Å². The lowest BCUT2D eigenvalue weighted by Crippen LogP contribution is -2.09. The van der Waals surface area contributed by atoms with E-state index in [1.165, 1.54) is 0 Å². The molecule has 1 aromatic rings. The van der Waals surface area contributed by atoms with Gasteiger partial charge in [-0.05, 0) is 12.7 Å². The molecule has 0 amide bonds. The Hall–Kier alpha value is -0.970. The Morgan fingerprint density at radius 3 is 2.69 bits per heavy atom. The molecule has 2 N–H and O–H groups in total. The van der Waals surface area contributed by atoms with Gasteiger partial charge in [0.1, 0.15) is 17.5 Å². The van der Waals surface area contributed by atoms with Crippen LogP contribution in [0.5, 0.6) is 0 Å². The van der Waals surface area contributed by atoms with Gasteiger partial charge in [-0.25, -0.2) is 9.97 Å². The van der Waals surface area contributed by atoms with Crippen LogP contribution in [-0.4, -0.2) is 35.6 Å². The molecule has 1 aromatic heterocycles. The maximum Gasteiger partial charge on any atom is 0.133 e. The Kier molecular flexibility index (Phi) is 6.00. The zero-order valence-electron chi connectivity index (χ0n) is 10.2. The molecule has 0 aliphatic rings. The summed E-state index contributed by atoms with van der Waals surface area (Å²) in [5.74, 6) is 3.78. The van der Waals surface area contributed by atoms with Gasteiger partial charge in [-0.1, -0.05) is 6.92 Å². The largest absolute Gasteiger partial charge is 0.373 e. The van der Waals surface area contributed by atoms with E-state index in [0.29, 0.717) is 0 Å². The molecule has 16 heavy (non-hydrogen) atoms. The summed E-state index contributed by atoms with van der Waals surface area (Å²) in [5, 5.41) is 6.37. The maximum absolute atomic E-state index is 4.47. The van der Waals surface area contributed by atoms with Gasteiger partial charge >= 0.3 is 0 Å². The van der Waals surface area contributed by atoms with Crippen molar-refractivity contribution in [3.8, 4) is 0 Å². The van der Waals surface area contributed by atoms with Gasteiger partial charge in [0.15, 0.2) is 0 Å². The van der Waals surface area contributed by atoms with Crippen LogP contribution in [0.3, 0.4) is 0 Å². The molecule has 0 radical (unpaired) electrons. The number of hydrogen-bond donors (Lipinski definition) is 2. The fourth-order valence-corrected chi connectivity index (χ4v) is 1.64. The molecule has 0 aliphatic heterocycles. The van der Waals surface area contributed by atoms with Crippen molar-refractivity contribution in [3.05, 3.63) is 11.9 Å². The van der Waals surface area contributed by atoms with E-state index in [-0.39, 0.29) is 0 Å². The summed E-state index contributed by atoms with van der Waals surface area (Å²) in [6.07, 6.45) is 4.09. The number of nitrogens with one attached hydrogen (secondary N) is 2. The van der Waals surface area contributed by atoms with Crippen molar-refractivity contribution in [2.45, 2.75) is 19.8 Å². The number of anilines is 2. The third-order valence-electron chi connectivity index (χ3n) is 2.11. The number of aryl methyl sites for hydroxylation is 1. The van der Waals surface area contributed by atoms with E-state index in [9.17, 15) is 0 Å². The SMILES string of the molecule is CCCc1nc(NC)cc(NCCSC)n1. The summed E-state index contributed by atoms with van der Waals surface area (Å²) in [7, 11) is 1.88. The minimum Gasteiger partial charge on any atom is -0.373 e. The quantitative estimate of drug-likeness (QED) is 0.716. The van der Waals surface area contributed by atoms with Gasteiger partial charge < -0.3 is 10.6 Å². The van der Waals surface area contributed by atoms with Crippen LogP contribution in [0.1, 0.15) is 19.2 Å². The van der Waals surface area contributed by atoms with Crippen LogP contribution in [0.2, 0.25) is 0 Å². The fraction of sp³-hybridized carbons (Fsp3) is 0.636. The summed E-state index contributed by atoms with van der Waals surface area (Å²) in [6, 6.07) is 1.94. The van der Waals surface area contributed by atoms with Crippen LogP contribution < -0.4 is 10.6 Å². The first-order valence-electron chi connectivity index (χ1n) is 5.58. The minimum atomic E-state index is 0.880. The Balaban J connectivity index is 2.69. The van der Waals surface area contributed by atoms with Crippen LogP contribution in [0.25, 0.3) is 0 Å². The number of nitrogens with zero attached hydrogens (tertiary/aromatic N) is 2. The number of thioether (sulfide) groups is 1. The van der Waals surface area contributed by atoms with Crippen LogP contribution >= 0.6 is 11.8 Å². The molecule has 0 aromatic carbocycles. The predicted molar refractivity (Wildman–Crippen MR) is 72.4 cm³/mol. The summed E-state index contributed by atoms with van der Waals surface area (Å²) >= 11 is 1.82. The Bertz CT molecular complexity index is 317. The lowest BCUT2D eigenvalue weighted by molar-refractivity contribution is 0.836. The monoisotopic (exact) mass is 240 g/mol. The molecule has 1 rings (SSSR count). The van der Waals surface area contributed by atoms with Gasteiger partial charge in [-0.15, -0.1) is 0 Å². The zero-order valence-corrected chi connectivity index (χ0v) is 11.0. The third-order valence-corrected chi connectivity index (χ3v) is 2.73. The van der Waals surface area contributed by atoms with Crippen LogP contribution in [0, 0.1) is 0 Å². The molecule has 0 aliphatic carbocycles. The second-order valence-electron chi connectivity index (χ2n) is 3.47. The van der Waals surface area contributed by atoms with Gasteiger partial charge in [0, 0.05) is 31.8 Å². The average molecular weight is 240 g/mol. The highest BCUT2D eigenvalue weighted by Crippen LogP contribution is 2.11. The lowest BCUT2D eigenvalue weighted by atomic mass is 10.3. The molecule has 4 nitrogen and oxygen atoms in total. The summed E-state index contributed by atoms with van der Waals surface area (Å²) in [4.78, 5) is 8.87. The molecule has 0 saturated carbocycles. The molecule has 90 valence electrons. The number of hydrogen-bond acceptors (Lipinski definition) is 5. The van der Waals surface area contributed by atoms with Crippen LogP contribution in [0.15, 0.2) is 6.07 Å². The molecule has 0 unspecified atom stereocenters. The van der Waals surface area contributed by atoms with Gasteiger partial charge in [-0.3, -0.25) is 0 Å². The second kappa shape index (κ2) is 7.33. The number of rotatable bonds is 7.